The number of carboxylic acid groups (broad SMARTS) is 1. The first-order chi connectivity index (χ1) is 12.5. The molecule has 0 radical (unpaired) electrons. The van der Waals surface area contributed by atoms with Crippen LogP contribution in [-0.2, 0) is 16.0 Å². The minimum absolute atomic E-state index is 0.0926. The van der Waals surface area contributed by atoms with Crippen molar-refractivity contribution in [2.45, 2.75) is 26.2 Å². The lowest BCUT2D eigenvalue weighted by Crippen LogP contribution is -2.46. The van der Waals surface area contributed by atoms with Gasteiger partial charge in [-0.05, 0) is 25.3 Å². The molecule has 1 aliphatic heterocycles. The molecule has 1 aliphatic rings. The Balaban J connectivity index is 1.60. The third kappa shape index (κ3) is 4.28. The van der Waals surface area contributed by atoms with Crippen molar-refractivity contribution in [2.75, 3.05) is 19.8 Å². The first-order valence-electron chi connectivity index (χ1n) is 8.58. The maximum absolute atomic E-state index is 12.4. The summed E-state index contributed by atoms with van der Waals surface area (Å²) in [6, 6.07) is 8.21. The number of nitrogens with zero attached hydrogens (tertiary/aromatic N) is 1. The first kappa shape index (κ1) is 18.5. The predicted molar refractivity (Wildman–Crippen MR) is 98.6 cm³/mol. The van der Waals surface area contributed by atoms with Gasteiger partial charge in [0.15, 0.2) is 0 Å². The number of aliphatic carboxylic acids is 1. The zero-order valence-corrected chi connectivity index (χ0v) is 15.5. The number of thiazole rings is 1. The standard InChI is InChI=1S/C19H22N2O4S/c1-13-2-4-14(5-3-13)10-16-21-15(11-26-16)17(22)20-12-19(18(23)24)6-8-25-9-7-19/h2-5,11H,6-10,12H2,1H3,(H,20,22)(H,23,24). The van der Waals surface area contributed by atoms with Crippen molar-refractivity contribution < 1.29 is 19.4 Å². The molecule has 0 unspecified atom stereocenters. The summed E-state index contributed by atoms with van der Waals surface area (Å²) in [6.07, 6.45) is 1.48. The molecule has 0 aliphatic carbocycles. The second kappa shape index (κ2) is 7.97. The van der Waals surface area contributed by atoms with E-state index < -0.39 is 11.4 Å². The van der Waals surface area contributed by atoms with Crippen LogP contribution in [0.2, 0.25) is 0 Å². The molecule has 6 nitrogen and oxygen atoms in total. The average molecular weight is 374 g/mol. The summed E-state index contributed by atoms with van der Waals surface area (Å²) in [4.78, 5) is 28.4. The number of carbonyl (C=O) groups excluding carboxylic acids is 1. The van der Waals surface area contributed by atoms with Gasteiger partial charge < -0.3 is 15.2 Å². The van der Waals surface area contributed by atoms with Crippen LogP contribution in [0, 0.1) is 12.3 Å². The fourth-order valence-electron chi connectivity index (χ4n) is 2.95. The third-order valence-corrected chi connectivity index (χ3v) is 5.60. The lowest BCUT2D eigenvalue weighted by molar-refractivity contribution is -0.154. The molecule has 1 aromatic heterocycles. The number of benzene rings is 1. The first-order valence-corrected chi connectivity index (χ1v) is 9.46. The van der Waals surface area contributed by atoms with Gasteiger partial charge >= 0.3 is 5.97 Å². The molecule has 3 rings (SSSR count). The number of hydrogen-bond donors (Lipinski definition) is 2. The maximum atomic E-state index is 12.4. The third-order valence-electron chi connectivity index (χ3n) is 4.75. The summed E-state index contributed by atoms with van der Waals surface area (Å²) < 4.78 is 5.25. The van der Waals surface area contributed by atoms with E-state index in [1.807, 2.05) is 6.92 Å². The smallest absolute Gasteiger partial charge is 0.311 e. The van der Waals surface area contributed by atoms with Gasteiger partial charge in [-0.15, -0.1) is 11.3 Å². The molecular formula is C19H22N2O4S. The Labute approximate surface area is 156 Å². The Kier molecular flexibility index (Phi) is 5.68. The molecule has 1 aromatic carbocycles. The molecule has 0 saturated carbocycles. The largest absolute Gasteiger partial charge is 0.481 e. The number of rotatable bonds is 6. The van der Waals surface area contributed by atoms with Gasteiger partial charge in [-0.3, -0.25) is 9.59 Å². The summed E-state index contributed by atoms with van der Waals surface area (Å²) >= 11 is 1.44. The van der Waals surface area contributed by atoms with Crippen LogP contribution in [0.3, 0.4) is 0 Å². The van der Waals surface area contributed by atoms with Crippen molar-refractivity contribution in [3.05, 3.63) is 51.5 Å². The SMILES string of the molecule is Cc1ccc(Cc2nc(C(=O)NCC3(C(=O)O)CCOCC3)cs2)cc1. The second-order valence-electron chi connectivity index (χ2n) is 6.67. The van der Waals surface area contributed by atoms with Crippen molar-refractivity contribution in [3.8, 4) is 0 Å². The monoisotopic (exact) mass is 374 g/mol. The van der Waals surface area contributed by atoms with E-state index in [0.717, 1.165) is 10.6 Å². The Bertz CT molecular complexity index is 779. The number of aryl methyl sites for hydroxylation is 1. The van der Waals surface area contributed by atoms with E-state index in [1.54, 1.807) is 5.38 Å². The highest BCUT2D eigenvalue weighted by Gasteiger charge is 2.40. The van der Waals surface area contributed by atoms with Crippen LogP contribution in [0.4, 0.5) is 0 Å². The van der Waals surface area contributed by atoms with Crippen LogP contribution >= 0.6 is 11.3 Å². The lowest BCUT2D eigenvalue weighted by atomic mass is 9.80. The van der Waals surface area contributed by atoms with Gasteiger partial charge in [0.05, 0.1) is 10.4 Å². The van der Waals surface area contributed by atoms with E-state index in [2.05, 4.69) is 34.6 Å². The number of carbonyl (C=O) groups is 2. The van der Waals surface area contributed by atoms with Crippen LogP contribution in [0.1, 0.15) is 39.5 Å². The molecule has 2 N–H and O–H groups in total. The van der Waals surface area contributed by atoms with Gasteiger partial charge in [0.25, 0.3) is 5.91 Å². The van der Waals surface area contributed by atoms with Crippen LogP contribution in [0.5, 0.6) is 0 Å². The molecule has 1 amide bonds. The predicted octanol–water partition coefficient (Wildman–Crippen LogP) is 2.65. The summed E-state index contributed by atoms with van der Waals surface area (Å²) in [5.74, 6) is -1.22. The maximum Gasteiger partial charge on any atom is 0.311 e. The van der Waals surface area contributed by atoms with Crippen molar-refractivity contribution in [1.29, 1.82) is 0 Å². The quantitative estimate of drug-likeness (QED) is 0.811. The minimum Gasteiger partial charge on any atom is -0.481 e. The minimum atomic E-state index is -0.950. The van der Waals surface area contributed by atoms with Crippen molar-refractivity contribution in [2.24, 2.45) is 5.41 Å². The fraction of sp³-hybridized carbons (Fsp3) is 0.421. The molecular weight excluding hydrogens is 352 g/mol. The Hall–Kier alpha value is -2.25. The topological polar surface area (TPSA) is 88.5 Å². The average Bonchev–Trinajstić information content (AvgIpc) is 3.11. The highest BCUT2D eigenvalue weighted by molar-refractivity contribution is 7.09. The number of ether oxygens (including phenoxy) is 1. The number of carboxylic acids is 1. The highest BCUT2D eigenvalue weighted by atomic mass is 32.1. The van der Waals surface area contributed by atoms with Gasteiger partial charge in [-0.1, -0.05) is 29.8 Å². The Morgan fingerprint density at radius 1 is 1.27 bits per heavy atom. The van der Waals surface area contributed by atoms with Gasteiger partial charge in [-0.2, -0.15) is 0 Å². The van der Waals surface area contributed by atoms with E-state index in [-0.39, 0.29) is 12.5 Å². The van der Waals surface area contributed by atoms with Crippen molar-refractivity contribution >= 4 is 23.2 Å². The number of nitrogens with one attached hydrogen (secondary N) is 1. The number of aromatic nitrogens is 1. The Morgan fingerprint density at radius 2 is 1.96 bits per heavy atom. The van der Waals surface area contributed by atoms with E-state index in [4.69, 9.17) is 4.74 Å². The van der Waals surface area contributed by atoms with Crippen molar-refractivity contribution in [1.82, 2.24) is 10.3 Å². The van der Waals surface area contributed by atoms with Gasteiger partial charge in [0.2, 0.25) is 0 Å². The van der Waals surface area contributed by atoms with E-state index >= 15 is 0 Å². The summed E-state index contributed by atoms with van der Waals surface area (Å²) in [7, 11) is 0. The summed E-state index contributed by atoms with van der Waals surface area (Å²) in [5, 5.41) is 14.9. The molecule has 2 heterocycles. The van der Waals surface area contributed by atoms with Gasteiger partial charge in [0.1, 0.15) is 5.69 Å². The van der Waals surface area contributed by atoms with E-state index in [0.29, 0.717) is 38.2 Å². The summed E-state index contributed by atoms with van der Waals surface area (Å²) in [5.41, 5.74) is 1.73. The second-order valence-corrected chi connectivity index (χ2v) is 7.61. The van der Waals surface area contributed by atoms with Gasteiger partial charge in [0, 0.05) is 31.6 Å². The zero-order chi connectivity index (χ0) is 18.6. The van der Waals surface area contributed by atoms with Crippen LogP contribution in [0.25, 0.3) is 0 Å². The van der Waals surface area contributed by atoms with E-state index in [1.165, 1.54) is 16.9 Å². The van der Waals surface area contributed by atoms with Crippen LogP contribution < -0.4 is 5.32 Å². The van der Waals surface area contributed by atoms with Crippen LogP contribution in [0.15, 0.2) is 29.6 Å². The molecule has 2 aromatic rings. The molecule has 26 heavy (non-hydrogen) atoms. The van der Waals surface area contributed by atoms with E-state index in [9.17, 15) is 14.7 Å². The fourth-order valence-corrected chi connectivity index (χ4v) is 3.75. The molecule has 7 heteroatoms. The lowest BCUT2D eigenvalue weighted by Gasteiger charge is -2.32. The Morgan fingerprint density at radius 3 is 2.62 bits per heavy atom. The van der Waals surface area contributed by atoms with Gasteiger partial charge in [-0.25, -0.2) is 4.98 Å². The normalized spacial score (nSPS) is 16.2. The number of hydrogen-bond acceptors (Lipinski definition) is 5. The summed E-state index contributed by atoms with van der Waals surface area (Å²) in [6.45, 7) is 2.94. The molecule has 0 atom stereocenters. The highest BCUT2D eigenvalue weighted by Crippen LogP contribution is 2.30. The molecule has 1 saturated heterocycles. The molecule has 0 bridgehead atoms. The van der Waals surface area contributed by atoms with Crippen LogP contribution in [-0.4, -0.2) is 41.7 Å². The molecule has 1 fully saturated rings. The zero-order valence-electron chi connectivity index (χ0n) is 14.7. The van der Waals surface area contributed by atoms with Crippen molar-refractivity contribution in [3.63, 3.8) is 0 Å². The molecule has 138 valence electrons. The molecule has 0 spiro atoms. The number of amides is 1.